The number of hydrogen-bond donors (Lipinski definition) is 2. The molecular weight excluding hydrogens is 238 g/mol. The molecule has 1 aromatic carbocycles. The van der Waals surface area contributed by atoms with E-state index in [1.165, 1.54) is 19.2 Å². The predicted octanol–water partition coefficient (Wildman–Crippen LogP) is 0.718. The molecule has 1 rings (SSSR count). The van der Waals surface area contributed by atoms with Crippen molar-refractivity contribution in [2.45, 2.75) is 0 Å². The topological polar surface area (TPSA) is 93.9 Å². The molecule has 0 aliphatic carbocycles. The van der Waals surface area contributed by atoms with Gasteiger partial charge in [0.2, 0.25) is 0 Å². The van der Waals surface area contributed by atoms with E-state index in [4.69, 9.17) is 5.84 Å². The summed E-state index contributed by atoms with van der Waals surface area (Å²) in [6.07, 6.45) is -0.617. The van der Waals surface area contributed by atoms with Crippen molar-refractivity contribution in [3.8, 4) is 0 Å². The highest BCUT2D eigenvalue weighted by Gasteiger charge is 2.13. The van der Waals surface area contributed by atoms with E-state index in [0.29, 0.717) is 11.4 Å². The summed E-state index contributed by atoms with van der Waals surface area (Å²) in [6.45, 7) is -0.129. The smallest absolute Gasteiger partial charge is 0.411 e. The molecular formula is C11H15N3O4. The summed E-state index contributed by atoms with van der Waals surface area (Å²) in [5, 5.41) is 3.68. The van der Waals surface area contributed by atoms with Crippen LogP contribution in [0.4, 0.5) is 16.2 Å². The van der Waals surface area contributed by atoms with Crippen LogP contribution in [0.1, 0.15) is 0 Å². The van der Waals surface area contributed by atoms with Crippen LogP contribution < -0.4 is 16.2 Å². The van der Waals surface area contributed by atoms with Crippen LogP contribution in [-0.4, -0.2) is 32.8 Å². The lowest BCUT2D eigenvalue weighted by Gasteiger charge is -2.20. The summed E-state index contributed by atoms with van der Waals surface area (Å²) in [7, 11) is 2.53. The molecule has 7 nitrogen and oxygen atoms in total. The van der Waals surface area contributed by atoms with E-state index in [-0.39, 0.29) is 6.54 Å². The largest absolute Gasteiger partial charge is 0.468 e. The second-order valence-corrected chi connectivity index (χ2v) is 3.34. The molecule has 3 N–H and O–H groups in total. The quantitative estimate of drug-likeness (QED) is 0.466. The number of nitrogens with two attached hydrogens (primary N) is 1. The zero-order valence-electron chi connectivity index (χ0n) is 10.2. The maximum absolute atomic E-state index is 11.2. The first-order valence-corrected chi connectivity index (χ1v) is 5.11. The lowest BCUT2D eigenvalue weighted by Crippen LogP contribution is -2.37. The fraction of sp³-hybridized carbons (Fsp3) is 0.273. The second-order valence-electron chi connectivity index (χ2n) is 3.34. The summed E-state index contributed by atoms with van der Waals surface area (Å²) in [6, 6.07) is 6.76. The zero-order chi connectivity index (χ0) is 13.5. The van der Waals surface area contributed by atoms with Crippen LogP contribution in [0, 0.1) is 0 Å². The first kappa shape index (κ1) is 13.8. The molecule has 0 saturated carbocycles. The van der Waals surface area contributed by atoms with E-state index in [1.54, 1.807) is 24.3 Å². The normalized spacial score (nSPS) is 9.50. The Morgan fingerprint density at radius 2 is 1.94 bits per heavy atom. The van der Waals surface area contributed by atoms with Gasteiger partial charge in [0.05, 0.1) is 25.6 Å². The predicted molar refractivity (Wildman–Crippen MR) is 66.0 cm³/mol. The van der Waals surface area contributed by atoms with Gasteiger partial charge in [0.15, 0.2) is 0 Å². The minimum Gasteiger partial charge on any atom is -0.468 e. The lowest BCUT2D eigenvalue weighted by molar-refractivity contribution is -0.138. The SMILES string of the molecule is COC(=O)CN(N)c1ccccc1NC(=O)OC. The van der Waals surface area contributed by atoms with Crippen LogP contribution in [0.5, 0.6) is 0 Å². The minimum atomic E-state index is -0.617. The molecule has 7 heteroatoms. The number of ether oxygens (including phenoxy) is 2. The Labute approximate surface area is 104 Å². The molecule has 0 heterocycles. The number of hydrazine groups is 1. The van der Waals surface area contributed by atoms with Crippen LogP contribution >= 0.6 is 0 Å². The molecule has 0 bridgehead atoms. The van der Waals surface area contributed by atoms with Crippen LogP contribution in [-0.2, 0) is 14.3 Å². The fourth-order valence-electron chi connectivity index (χ4n) is 1.28. The molecule has 0 atom stereocenters. The number of carbonyl (C=O) groups is 2. The van der Waals surface area contributed by atoms with Gasteiger partial charge in [-0.05, 0) is 12.1 Å². The van der Waals surface area contributed by atoms with Crippen molar-refractivity contribution < 1.29 is 19.1 Å². The van der Waals surface area contributed by atoms with Gasteiger partial charge in [0, 0.05) is 0 Å². The van der Waals surface area contributed by atoms with Gasteiger partial charge in [-0.25, -0.2) is 10.6 Å². The van der Waals surface area contributed by atoms with Crippen molar-refractivity contribution in [2.24, 2.45) is 5.84 Å². The Hall–Kier alpha value is -2.28. The highest BCUT2D eigenvalue weighted by atomic mass is 16.5. The molecule has 1 amide bonds. The number of nitrogens with one attached hydrogen (secondary N) is 1. The Morgan fingerprint density at radius 3 is 2.56 bits per heavy atom. The van der Waals surface area contributed by atoms with Gasteiger partial charge >= 0.3 is 12.1 Å². The van der Waals surface area contributed by atoms with Crippen molar-refractivity contribution in [2.75, 3.05) is 31.1 Å². The summed E-state index contributed by atoms with van der Waals surface area (Å²) in [4.78, 5) is 22.3. The van der Waals surface area contributed by atoms with E-state index in [0.717, 1.165) is 0 Å². The number of benzene rings is 1. The third kappa shape index (κ3) is 3.63. The van der Waals surface area contributed by atoms with E-state index in [9.17, 15) is 9.59 Å². The van der Waals surface area contributed by atoms with Crippen LogP contribution in [0.2, 0.25) is 0 Å². The highest BCUT2D eigenvalue weighted by Crippen LogP contribution is 2.23. The maximum atomic E-state index is 11.2. The van der Waals surface area contributed by atoms with Gasteiger partial charge in [-0.2, -0.15) is 0 Å². The number of amides is 1. The number of anilines is 2. The van der Waals surface area contributed by atoms with Gasteiger partial charge in [-0.3, -0.25) is 15.1 Å². The number of methoxy groups -OCH3 is 2. The molecule has 0 fully saturated rings. The number of esters is 1. The molecule has 0 radical (unpaired) electrons. The number of carbonyl (C=O) groups excluding carboxylic acids is 2. The van der Waals surface area contributed by atoms with Crippen molar-refractivity contribution in [1.29, 1.82) is 0 Å². The van der Waals surface area contributed by atoms with Gasteiger partial charge in [-0.15, -0.1) is 0 Å². The average Bonchev–Trinajstić information content (AvgIpc) is 2.38. The average molecular weight is 253 g/mol. The molecule has 18 heavy (non-hydrogen) atoms. The van der Waals surface area contributed by atoms with Gasteiger partial charge in [0.25, 0.3) is 0 Å². The van der Waals surface area contributed by atoms with Gasteiger partial charge in [-0.1, -0.05) is 12.1 Å². The molecule has 0 spiro atoms. The summed E-state index contributed by atoms with van der Waals surface area (Å²) in [5.74, 6) is 5.25. The number of para-hydroxylation sites is 2. The number of hydrogen-bond acceptors (Lipinski definition) is 6. The van der Waals surface area contributed by atoms with Gasteiger partial charge in [0.1, 0.15) is 6.54 Å². The third-order valence-electron chi connectivity index (χ3n) is 2.16. The highest BCUT2D eigenvalue weighted by molar-refractivity contribution is 5.90. The Balaban J connectivity index is 2.87. The number of nitrogens with zero attached hydrogens (tertiary/aromatic N) is 1. The molecule has 0 saturated heterocycles. The standard InChI is InChI=1S/C11H15N3O4/c1-17-10(15)7-14(12)9-6-4-3-5-8(9)13-11(16)18-2/h3-6H,7,12H2,1-2H3,(H,13,16). The van der Waals surface area contributed by atoms with Crippen LogP contribution in [0.25, 0.3) is 0 Å². The summed E-state index contributed by atoms with van der Waals surface area (Å²) in [5.41, 5.74) is 0.920. The van der Waals surface area contributed by atoms with Crippen molar-refractivity contribution in [1.82, 2.24) is 0 Å². The molecule has 0 unspecified atom stereocenters. The summed E-state index contributed by atoms with van der Waals surface area (Å²) >= 11 is 0. The first-order chi connectivity index (χ1) is 8.58. The molecule has 0 aliphatic rings. The van der Waals surface area contributed by atoms with E-state index >= 15 is 0 Å². The Bertz CT molecular complexity index is 436. The fourth-order valence-corrected chi connectivity index (χ4v) is 1.28. The second kappa shape index (κ2) is 6.45. The first-order valence-electron chi connectivity index (χ1n) is 5.11. The molecule has 98 valence electrons. The maximum Gasteiger partial charge on any atom is 0.411 e. The van der Waals surface area contributed by atoms with Crippen molar-refractivity contribution in [3.05, 3.63) is 24.3 Å². The Morgan fingerprint density at radius 1 is 1.28 bits per heavy atom. The minimum absolute atomic E-state index is 0.129. The van der Waals surface area contributed by atoms with E-state index in [2.05, 4.69) is 14.8 Å². The van der Waals surface area contributed by atoms with Crippen LogP contribution in [0.15, 0.2) is 24.3 Å². The third-order valence-corrected chi connectivity index (χ3v) is 2.16. The number of rotatable bonds is 4. The van der Waals surface area contributed by atoms with E-state index < -0.39 is 12.1 Å². The lowest BCUT2D eigenvalue weighted by atomic mass is 10.2. The monoisotopic (exact) mass is 253 g/mol. The van der Waals surface area contributed by atoms with Crippen LogP contribution in [0.3, 0.4) is 0 Å². The van der Waals surface area contributed by atoms with Crippen molar-refractivity contribution in [3.63, 3.8) is 0 Å². The van der Waals surface area contributed by atoms with Crippen molar-refractivity contribution >= 4 is 23.4 Å². The van der Waals surface area contributed by atoms with Gasteiger partial charge < -0.3 is 9.47 Å². The molecule has 0 aromatic heterocycles. The zero-order valence-corrected chi connectivity index (χ0v) is 10.2. The molecule has 0 aliphatic heterocycles. The van der Waals surface area contributed by atoms with E-state index in [1.807, 2.05) is 0 Å². The summed E-state index contributed by atoms with van der Waals surface area (Å²) < 4.78 is 9.00. The Kier molecular flexibility index (Phi) is 4.94. The molecule has 1 aromatic rings.